The number of benzene rings is 2. The van der Waals surface area contributed by atoms with E-state index < -0.39 is 0 Å². The topological polar surface area (TPSA) is 42.0 Å². The summed E-state index contributed by atoms with van der Waals surface area (Å²) in [4.78, 5) is 16.2. The molecule has 114 valence electrons. The molecule has 1 N–H and O–H groups in total. The number of aryl methyl sites for hydroxylation is 1. The van der Waals surface area contributed by atoms with E-state index in [9.17, 15) is 4.79 Å². The molecule has 5 heteroatoms. The van der Waals surface area contributed by atoms with E-state index in [1.54, 1.807) is 11.3 Å². The fraction of sp³-hybridized carbons (Fsp3) is 0.111. The van der Waals surface area contributed by atoms with Crippen molar-refractivity contribution < 1.29 is 4.79 Å². The normalized spacial score (nSPS) is 13.5. The van der Waals surface area contributed by atoms with Gasteiger partial charge in [-0.25, -0.2) is 4.98 Å². The lowest BCUT2D eigenvalue weighted by molar-refractivity contribution is -0.116. The number of aromatic nitrogens is 1. The van der Waals surface area contributed by atoms with Crippen molar-refractivity contribution in [3.63, 3.8) is 0 Å². The first-order chi connectivity index (χ1) is 11.2. The predicted octanol–water partition coefficient (Wildman–Crippen LogP) is 5.12. The molecule has 4 rings (SSSR count). The molecule has 2 aromatic carbocycles. The molecule has 0 atom stereocenters. The zero-order chi connectivity index (χ0) is 15.8. The molecule has 3 aromatic rings. The predicted molar refractivity (Wildman–Crippen MR) is 97.6 cm³/mol. The number of carbonyl (C=O) groups excluding carboxylic acids is 1. The average Bonchev–Trinajstić information content (AvgIpc) is 3.04. The molecular weight excluding hydrogens is 372 g/mol. The first kappa shape index (κ1) is 14.6. The number of hydrogen-bond acceptors (Lipinski definition) is 3. The summed E-state index contributed by atoms with van der Waals surface area (Å²) in [5.74, 6) is 0.0934. The summed E-state index contributed by atoms with van der Waals surface area (Å²) < 4.78 is 1.05. The number of rotatable bonds is 2. The Morgan fingerprint density at radius 3 is 2.87 bits per heavy atom. The summed E-state index contributed by atoms with van der Waals surface area (Å²) in [6.45, 7) is 0. The van der Waals surface area contributed by atoms with Crippen molar-refractivity contribution in [2.75, 3.05) is 5.32 Å². The fourth-order valence-electron chi connectivity index (χ4n) is 2.70. The number of nitrogens with one attached hydrogen (secondary N) is 1. The van der Waals surface area contributed by atoms with Gasteiger partial charge in [0.05, 0.1) is 5.69 Å². The van der Waals surface area contributed by atoms with E-state index in [1.165, 1.54) is 5.56 Å². The third kappa shape index (κ3) is 2.94. The van der Waals surface area contributed by atoms with Crippen LogP contribution in [0.4, 0.5) is 5.69 Å². The van der Waals surface area contributed by atoms with Gasteiger partial charge in [-0.1, -0.05) is 34.1 Å². The zero-order valence-corrected chi connectivity index (χ0v) is 14.6. The van der Waals surface area contributed by atoms with Crippen molar-refractivity contribution >= 4 is 38.9 Å². The van der Waals surface area contributed by atoms with E-state index in [0.717, 1.165) is 38.4 Å². The minimum absolute atomic E-state index is 0.0934. The van der Waals surface area contributed by atoms with Gasteiger partial charge in [0, 0.05) is 33.1 Å². The van der Waals surface area contributed by atoms with Crippen molar-refractivity contribution in [3.05, 3.63) is 57.9 Å². The Labute approximate surface area is 146 Å². The Kier molecular flexibility index (Phi) is 3.75. The number of nitrogens with zero attached hydrogens (tertiary/aromatic N) is 1. The number of fused-ring (bicyclic) bond motifs is 1. The molecule has 0 saturated heterocycles. The number of hydrogen-bond donors (Lipinski definition) is 1. The number of anilines is 1. The molecule has 0 spiro atoms. The molecule has 0 aliphatic carbocycles. The highest BCUT2D eigenvalue weighted by Gasteiger charge is 2.16. The van der Waals surface area contributed by atoms with Crippen LogP contribution in [0, 0.1) is 0 Å². The smallest absolute Gasteiger partial charge is 0.224 e. The standard InChI is InChI=1S/C18H13BrN2OS/c19-14-3-1-2-13(9-14)18-21-16(10-23-18)12-4-6-15-11(8-12)5-7-17(22)20-15/h1-4,6,8-10H,5,7H2,(H,20,22). The highest BCUT2D eigenvalue weighted by atomic mass is 79.9. The van der Waals surface area contributed by atoms with E-state index in [2.05, 4.69) is 44.8 Å². The molecule has 0 radical (unpaired) electrons. The van der Waals surface area contributed by atoms with Gasteiger partial charge in [-0.15, -0.1) is 11.3 Å². The molecule has 2 heterocycles. The Morgan fingerprint density at radius 1 is 1.09 bits per heavy atom. The second-order valence-electron chi connectivity index (χ2n) is 5.47. The third-order valence-electron chi connectivity index (χ3n) is 3.87. The van der Waals surface area contributed by atoms with Gasteiger partial charge in [-0.2, -0.15) is 0 Å². The molecule has 23 heavy (non-hydrogen) atoms. The Bertz CT molecular complexity index is 904. The summed E-state index contributed by atoms with van der Waals surface area (Å²) in [6, 6.07) is 14.3. The molecule has 1 aliphatic heterocycles. The molecule has 0 fully saturated rings. The summed E-state index contributed by atoms with van der Waals surface area (Å²) in [6.07, 6.45) is 1.34. The second kappa shape index (κ2) is 5.91. The van der Waals surface area contributed by atoms with Crippen LogP contribution in [0.5, 0.6) is 0 Å². The Morgan fingerprint density at radius 2 is 2.00 bits per heavy atom. The molecule has 0 saturated carbocycles. The first-order valence-electron chi connectivity index (χ1n) is 7.34. The maximum Gasteiger partial charge on any atom is 0.224 e. The van der Waals surface area contributed by atoms with Gasteiger partial charge in [0.25, 0.3) is 0 Å². The minimum Gasteiger partial charge on any atom is -0.326 e. The molecule has 1 amide bonds. The van der Waals surface area contributed by atoms with Crippen molar-refractivity contribution in [1.82, 2.24) is 4.98 Å². The van der Waals surface area contributed by atoms with Crippen molar-refractivity contribution in [1.29, 1.82) is 0 Å². The molecular formula is C18H13BrN2OS. The van der Waals surface area contributed by atoms with Crippen molar-refractivity contribution in [2.24, 2.45) is 0 Å². The summed E-state index contributed by atoms with van der Waals surface area (Å²) in [7, 11) is 0. The largest absolute Gasteiger partial charge is 0.326 e. The summed E-state index contributed by atoms with van der Waals surface area (Å²) in [5, 5.41) is 6.00. The lowest BCUT2D eigenvalue weighted by Gasteiger charge is -2.17. The van der Waals surface area contributed by atoms with Gasteiger partial charge in [0.2, 0.25) is 5.91 Å². The van der Waals surface area contributed by atoms with E-state index in [1.807, 2.05) is 24.3 Å². The number of amides is 1. The van der Waals surface area contributed by atoms with Gasteiger partial charge in [-0.3, -0.25) is 4.79 Å². The van der Waals surface area contributed by atoms with Crippen molar-refractivity contribution in [2.45, 2.75) is 12.8 Å². The maximum atomic E-state index is 11.4. The van der Waals surface area contributed by atoms with Crippen LogP contribution in [-0.4, -0.2) is 10.9 Å². The SMILES string of the molecule is O=C1CCc2cc(-c3csc(-c4cccc(Br)c4)n3)ccc2N1. The monoisotopic (exact) mass is 384 g/mol. The van der Waals surface area contributed by atoms with E-state index in [-0.39, 0.29) is 5.91 Å². The summed E-state index contributed by atoms with van der Waals surface area (Å²) >= 11 is 5.14. The fourth-order valence-corrected chi connectivity index (χ4v) is 3.93. The van der Waals surface area contributed by atoms with Gasteiger partial charge < -0.3 is 5.32 Å². The summed E-state index contributed by atoms with van der Waals surface area (Å²) in [5.41, 5.74) is 5.29. The van der Waals surface area contributed by atoms with Crippen LogP contribution in [0.3, 0.4) is 0 Å². The molecule has 0 unspecified atom stereocenters. The van der Waals surface area contributed by atoms with Crippen LogP contribution < -0.4 is 5.32 Å². The Hall–Kier alpha value is -1.98. The Balaban J connectivity index is 1.68. The van der Waals surface area contributed by atoms with E-state index in [4.69, 9.17) is 4.98 Å². The minimum atomic E-state index is 0.0934. The van der Waals surface area contributed by atoms with Crippen LogP contribution >= 0.6 is 27.3 Å². The van der Waals surface area contributed by atoms with E-state index >= 15 is 0 Å². The lowest BCUT2D eigenvalue weighted by atomic mass is 9.99. The number of thiazole rings is 1. The highest BCUT2D eigenvalue weighted by Crippen LogP contribution is 2.32. The number of carbonyl (C=O) groups is 1. The van der Waals surface area contributed by atoms with Gasteiger partial charge >= 0.3 is 0 Å². The lowest BCUT2D eigenvalue weighted by Crippen LogP contribution is -2.18. The molecule has 1 aromatic heterocycles. The van der Waals surface area contributed by atoms with Crippen LogP contribution in [-0.2, 0) is 11.2 Å². The number of halogens is 1. The van der Waals surface area contributed by atoms with Gasteiger partial charge in [-0.05, 0) is 36.2 Å². The van der Waals surface area contributed by atoms with Crippen LogP contribution in [0.1, 0.15) is 12.0 Å². The van der Waals surface area contributed by atoms with Gasteiger partial charge in [0.15, 0.2) is 0 Å². The molecule has 0 bridgehead atoms. The zero-order valence-electron chi connectivity index (χ0n) is 12.2. The first-order valence-corrected chi connectivity index (χ1v) is 9.01. The highest BCUT2D eigenvalue weighted by molar-refractivity contribution is 9.10. The maximum absolute atomic E-state index is 11.4. The molecule has 1 aliphatic rings. The third-order valence-corrected chi connectivity index (χ3v) is 5.26. The van der Waals surface area contributed by atoms with Crippen LogP contribution in [0.25, 0.3) is 21.8 Å². The van der Waals surface area contributed by atoms with Crippen LogP contribution in [0.2, 0.25) is 0 Å². The van der Waals surface area contributed by atoms with Gasteiger partial charge in [0.1, 0.15) is 5.01 Å². The quantitative estimate of drug-likeness (QED) is 0.665. The molecule has 3 nitrogen and oxygen atoms in total. The second-order valence-corrected chi connectivity index (χ2v) is 7.24. The average molecular weight is 385 g/mol. The van der Waals surface area contributed by atoms with E-state index in [0.29, 0.717) is 6.42 Å². The van der Waals surface area contributed by atoms with Crippen molar-refractivity contribution in [3.8, 4) is 21.8 Å². The van der Waals surface area contributed by atoms with Crippen LogP contribution in [0.15, 0.2) is 52.3 Å².